The first-order valence-corrected chi connectivity index (χ1v) is 5.76. The molecule has 5 nitrogen and oxygen atoms in total. The molecular weight excluding hydrogens is 246 g/mol. The molecule has 0 saturated carbocycles. The maximum Gasteiger partial charge on any atom is 0.373 e. The van der Waals surface area contributed by atoms with Gasteiger partial charge in [0.15, 0.2) is 0 Å². The number of ether oxygens (including phenoxy) is 2. The topological polar surface area (TPSA) is 74.7 Å². The van der Waals surface area contributed by atoms with Crippen molar-refractivity contribution in [2.75, 3.05) is 12.8 Å². The van der Waals surface area contributed by atoms with Gasteiger partial charge in [0.1, 0.15) is 18.1 Å². The highest BCUT2D eigenvalue weighted by Gasteiger charge is 2.11. The fourth-order valence-corrected chi connectivity index (χ4v) is 1.61. The lowest BCUT2D eigenvalue weighted by Gasteiger charge is -2.07. The summed E-state index contributed by atoms with van der Waals surface area (Å²) in [6, 6.07) is 8.75. The summed E-state index contributed by atoms with van der Waals surface area (Å²) >= 11 is 0. The van der Waals surface area contributed by atoms with Gasteiger partial charge in [-0.1, -0.05) is 6.07 Å². The van der Waals surface area contributed by atoms with Crippen LogP contribution in [-0.2, 0) is 11.3 Å². The Morgan fingerprint density at radius 3 is 2.79 bits per heavy atom. The molecule has 0 aliphatic heterocycles. The molecule has 19 heavy (non-hydrogen) atoms. The van der Waals surface area contributed by atoms with Crippen molar-refractivity contribution >= 4 is 11.7 Å². The number of nitrogen functional groups attached to an aromatic ring is 1. The number of carbonyl (C=O) groups excluding carboxylic acids is 1. The zero-order valence-corrected chi connectivity index (χ0v) is 10.8. The largest absolute Gasteiger partial charge is 0.483 e. The van der Waals surface area contributed by atoms with Crippen molar-refractivity contribution in [2.24, 2.45) is 0 Å². The standard InChI is InChI=1S/C14H15NO4/c1-9-3-5-12(11(15)7-9)18-8-10-4-6-13(19-10)14(16)17-2/h3-7H,8,15H2,1-2H3. The molecule has 0 unspecified atom stereocenters. The molecule has 0 saturated heterocycles. The van der Waals surface area contributed by atoms with Crippen molar-refractivity contribution in [2.45, 2.75) is 13.5 Å². The quantitative estimate of drug-likeness (QED) is 0.676. The summed E-state index contributed by atoms with van der Waals surface area (Å²) in [5.74, 6) is 0.751. The highest BCUT2D eigenvalue weighted by molar-refractivity contribution is 5.86. The summed E-state index contributed by atoms with van der Waals surface area (Å²) in [6.45, 7) is 2.15. The van der Waals surface area contributed by atoms with Crippen molar-refractivity contribution in [3.63, 3.8) is 0 Å². The lowest BCUT2D eigenvalue weighted by atomic mass is 10.2. The summed E-state index contributed by atoms with van der Waals surface area (Å²) in [7, 11) is 1.30. The Morgan fingerprint density at radius 2 is 2.11 bits per heavy atom. The molecule has 1 aromatic heterocycles. The number of nitrogens with two attached hydrogens (primary N) is 1. The van der Waals surface area contributed by atoms with Crippen molar-refractivity contribution in [3.8, 4) is 5.75 Å². The van der Waals surface area contributed by atoms with Gasteiger partial charge in [-0.05, 0) is 36.8 Å². The van der Waals surface area contributed by atoms with Crippen LogP contribution in [0.5, 0.6) is 5.75 Å². The van der Waals surface area contributed by atoms with Gasteiger partial charge in [-0.15, -0.1) is 0 Å². The summed E-state index contributed by atoms with van der Waals surface area (Å²) < 4.78 is 15.4. The highest BCUT2D eigenvalue weighted by atomic mass is 16.5. The lowest BCUT2D eigenvalue weighted by molar-refractivity contribution is 0.0561. The molecule has 1 heterocycles. The number of hydrogen-bond donors (Lipinski definition) is 1. The van der Waals surface area contributed by atoms with Crippen molar-refractivity contribution in [3.05, 3.63) is 47.4 Å². The molecule has 0 bridgehead atoms. The van der Waals surface area contributed by atoms with E-state index in [0.29, 0.717) is 17.2 Å². The second-order valence-electron chi connectivity index (χ2n) is 4.09. The van der Waals surface area contributed by atoms with E-state index in [1.807, 2.05) is 19.1 Å². The van der Waals surface area contributed by atoms with E-state index in [9.17, 15) is 4.79 Å². The number of furan rings is 1. The van der Waals surface area contributed by atoms with Crippen molar-refractivity contribution < 1.29 is 18.7 Å². The Labute approximate surface area is 110 Å². The molecule has 0 amide bonds. The molecular formula is C14H15NO4. The summed E-state index contributed by atoms with van der Waals surface area (Å²) in [6.07, 6.45) is 0. The number of carbonyl (C=O) groups is 1. The molecule has 0 aliphatic rings. The number of hydrogen-bond acceptors (Lipinski definition) is 5. The van der Waals surface area contributed by atoms with Crippen LogP contribution in [0.4, 0.5) is 5.69 Å². The zero-order valence-electron chi connectivity index (χ0n) is 10.8. The molecule has 0 spiro atoms. The van der Waals surface area contributed by atoms with Gasteiger partial charge in [0, 0.05) is 0 Å². The van der Waals surface area contributed by atoms with E-state index in [0.717, 1.165) is 5.56 Å². The molecule has 2 aromatic rings. The number of aryl methyl sites for hydroxylation is 1. The van der Waals surface area contributed by atoms with Gasteiger partial charge in [0.2, 0.25) is 5.76 Å². The average Bonchev–Trinajstić information content (AvgIpc) is 2.85. The molecule has 5 heteroatoms. The number of esters is 1. The van der Waals surface area contributed by atoms with Crippen molar-refractivity contribution in [1.29, 1.82) is 0 Å². The van der Waals surface area contributed by atoms with Crippen LogP contribution in [0.15, 0.2) is 34.7 Å². The molecule has 0 fully saturated rings. The van der Waals surface area contributed by atoms with E-state index in [-0.39, 0.29) is 12.4 Å². The monoisotopic (exact) mass is 261 g/mol. The number of methoxy groups -OCH3 is 1. The minimum atomic E-state index is -0.513. The molecule has 2 N–H and O–H groups in total. The van der Waals surface area contributed by atoms with Gasteiger partial charge in [-0.3, -0.25) is 0 Å². The van der Waals surface area contributed by atoms with Gasteiger partial charge >= 0.3 is 5.97 Å². The maximum atomic E-state index is 11.2. The Balaban J connectivity index is 2.02. The van der Waals surface area contributed by atoms with Crippen LogP contribution in [-0.4, -0.2) is 13.1 Å². The Kier molecular flexibility index (Phi) is 3.75. The Bertz CT molecular complexity index is 589. The SMILES string of the molecule is COC(=O)c1ccc(COc2ccc(C)cc2N)o1. The Morgan fingerprint density at radius 1 is 1.32 bits per heavy atom. The van der Waals surface area contributed by atoms with E-state index in [4.69, 9.17) is 14.9 Å². The van der Waals surface area contributed by atoms with E-state index in [2.05, 4.69) is 4.74 Å². The van der Waals surface area contributed by atoms with E-state index < -0.39 is 5.97 Å². The lowest BCUT2D eigenvalue weighted by Crippen LogP contribution is -2.00. The van der Waals surface area contributed by atoms with Crippen LogP contribution in [0.3, 0.4) is 0 Å². The second kappa shape index (κ2) is 5.48. The smallest absolute Gasteiger partial charge is 0.373 e. The van der Waals surface area contributed by atoms with Crippen LogP contribution in [0, 0.1) is 6.92 Å². The average molecular weight is 261 g/mol. The first-order valence-electron chi connectivity index (χ1n) is 5.76. The number of anilines is 1. The minimum absolute atomic E-state index is 0.151. The van der Waals surface area contributed by atoms with Crippen LogP contribution in [0.25, 0.3) is 0 Å². The molecule has 0 aliphatic carbocycles. The van der Waals surface area contributed by atoms with Gasteiger partial charge in [-0.25, -0.2) is 4.79 Å². The molecule has 1 aromatic carbocycles. The first-order chi connectivity index (χ1) is 9.10. The van der Waals surface area contributed by atoms with Gasteiger partial charge in [0.05, 0.1) is 12.8 Å². The summed E-state index contributed by atoms with van der Waals surface area (Å²) in [4.78, 5) is 11.2. The molecule has 100 valence electrons. The van der Waals surface area contributed by atoms with E-state index in [1.165, 1.54) is 7.11 Å². The third-order valence-electron chi connectivity index (χ3n) is 2.58. The van der Waals surface area contributed by atoms with Crippen molar-refractivity contribution in [1.82, 2.24) is 0 Å². The minimum Gasteiger partial charge on any atom is -0.483 e. The van der Waals surface area contributed by atoms with Gasteiger partial charge in [-0.2, -0.15) is 0 Å². The van der Waals surface area contributed by atoms with Crippen LogP contribution < -0.4 is 10.5 Å². The third kappa shape index (κ3) is 3.07. The summed E-state index contributed by atoms with van der Waals surface area (Å²) in [5, 5.41) is 0. The summed E-state index contributed by atoms with van der Waals surface area (Å²) in [5.41, 5.74) is 7.47. The molecule has 2 rings (SSSR count). The fourth-order valence-electron chi connectivity index (χ4n) is 1.61. The second-order valence-corrected chi connectivity index (χ2v) is 4.09. The zero-order chi connectivity index (χ0) is 13.8. The van der Waals surface area contributed by atoms with Gasteiger partial charge in [0.25, 0.3) is 0 Å². The molecule has 0 radical (unpaired) electrons. The first kappa shape index (κ1) is 13.0. The van der Waals surface area contributed by atoms with Gasteiger partial charge < -0.3 is 19.6 Å². The third-order valence-corrected chi connectivity index (χ3v) is 2.58. The predicted molar refractivity (Wildman–Crippen MR) is 70.0 cm³/mol. The van der Waals surface area contributed by atoms with E-state index in [1.54, 1.807) is 18.2 Å². The number of benzene rings is 1. The van der Waals surface area contributed by atoms with Crippen LogP contribution >= 0.6 is 0 Å². The maximum absolute atomic E-state index is 11.2. The fraction of sp³-hybridized carbons (Fsp3) is 0.214. The predicted octanol–water partition coefficient (Wildman–Crippen LogP) is 2.54. The normalized spacial score (nSPS) is 10.2. The number of rotatable bonds is 4. The molecule has 0 atom stereocenters. The Hall–Kier alpha value is -2.43. The highest BCUT2D eigenvalue weighted by Crippen LogP contribution is 2.23. The van der Waals surface area contributed by atoms with Crippen LogP contribution in [0.1, 0.15) is 21.9 Å². The van der Waals surface area contributed by atoms with E-state index >= 15 is 0 Å². The van der Waals surface area contributed by atoms with Crippen LogP contribution in [0.2, 0.25) is 0 Å².